The molecule has 1 aromatic carbocycles. The molecular weight excluding hydrogens is 396 g/mol. The summed E-state index contributed by atoms with van der Waals surface area (Å²) in [6.07, 6.45) is 4.73. The second-order valence-electron chi connectivity index (χ2n) is 7.29. The van der Waals surface area contributed by atoms with Gasteiger partial charge in [0.25, 0.3) is 0 Å². The van der Waals surface area contributed by atoms with Gasteiger partial charge in [-0.1, -0.05) is 25.0 Å². The molecule has 2 aliphatic rings. The van der Waals surface area contributed by atoms with Crippen LogP contribution in [-0.2, 0) is 26.0 Å². The number of benzene rings is 1. The molecule has 1 aliphatic carbocycles. The number of ketones is 1. The third-order valence-corrected chi connectivity index (χ3v) is 8.21. The van der Waals surface area contributed by atoms with Crippen LogP contribution < -0.4 is 0 Å². The van der Waals surface area contributed by atoms with Crippen LogP contribution >= 0.6 is 11.3 Å². The molecule has 0 unspecified atom stereocenters. The van der Waals surface area contributed by atoms with Crippen LogP contribution in [0, 0.1) is 5.92 Å². The lowest BCUT2D eigenvalue weighted by molar-refractivity contribution is -0.122. The zero-order chi connectivity index (χ0) is 19.6. The molecule has 0 amide bonds. The van der Waals surface area contributed by atoms with Gasteiger partial charge >= 0.3 is 0 Å². The number of thiazole rings is 1. The van der Waals surface area contributed by atoms with E-state index in [9.17, 15) is 13.2 Å². The second kappa shape index (κ2) is 8.41. The van der Waals surface area contributed by atoms with E-state index in [-0.39, 0.29) is 10.8 Å². The van der Waals surface area contributed by atoms with E-state index < -0.39 is 10.0 Å². The van der Waals surface area contributed by atoms with Crippen LogP contribution in [0.15, 0.2) is 34.5 Å². The molecule has 0 radical (unpaired) electrons. The number of carbonyl (C=O) groups excluding carboxylic acids is 1. The Morgan fingerprint density at radius 1 is 1.14 bits per heavy atom. The van der Waals surface area contributed by atoms with Gasteiger partial charge in [-0.15, -0.1) is 11.3 Å². The van der Waals surface area contributed by atoms with Crippen LogP contribution in [0.5, 0.6) is 0 Å². The lowest BCUT2D eigenvalue weighted by atomic mass is 10.0. The first-order chi connectivity index (χ1) is 13.5. The van der Waals surface area contributed by atoms with Crippen LogP contribution in [0.4, 0.5) is 0 Å². The van der Waals surface area contributed by atoms with E-state index >= 15 is 0 Å². The van der Waals surface area contributed by atoms with E-state index in [1.807, 2.05) is 5.38 Å². The smallest absolute Gasteiger partial charge is 0.243 e. The number of hydrogen-bond acceptors (Lipinski definition) is 6. The highest BCUT2D eigenvalue weighted by atomic mass is 32.2. The van der Waals surface area contributed by atoms with Crippen molar-refractivity contribution in [3.05, 3.63) is 34.7 Å². The van der Waals surface area contributed by atoms with Gasteiger partial charge in [0, 0.05) is 30.0 Å². The Kier molecular flexibility index (Phi) is 5.91. The average molecular weight is 421 g/mol. The molecule has 0 bridgehead atoms. The largest absolute Gasteiger partial charge is 0.379 e. The number of sulfonamides is 1. The molecule has 4 rings (SSSR count). The first-order valence-electron chi connectivity index (χ1n) is 9.69. The monoisotopic (exact) mass is 420 g/mol. The van der Waals surface area contributed by atoms with Gasteiger partial charge in [-0.05, 0) is 25.0 Å². The summed E-state index contributed by atoms with van der Waals surface area (Å²) in [5.41, 5.74) is 1.64. The minimum absolute atomic E-state index is 0.206. The molecule has 28 heavy (non-hydrogen) atoms. The molecular formula is C20H24N2O4S2. The van der Waals surface area contributed by atoms with Crippen molar-refractivity contribution in [2.45, 2.75) is 37.0 Å². The number of ether oxygens (including phenoxy) is 1. The maximum atomic E-state index is 12.7. The third kappa shape index (κ3) is 4.20. The minimum atomic E-state index is -3.49. The van der Waals surface area contributed by atoms with Crippen molar-refractivity contribution in [2.24, 2.45) is 5.92 Å². The quantitative estimate of drug-likeness (QED) is 0.718. The van der Waals surface area contributed by atoms with Gasteiger partial charge in [-0.25, -0.2) is 13.4 Å². The summed E-state index contributed by atoms with van der Waals surface area (Å²) in [5.74, 6) is 0.502. The van der Waals surface area contributed by atoms with Crippen molar-refractivity contribution in [1.82, 2.24) is 9.29 Å². The number of aromatic nitrogens is 1. The summed E-state index contributed by atoms with van der Waals surface area (Å²) in [7, 11) is -3.49. The van der Waals surface area contributed by atoms with Crippen molar-refractivity contribution < 1.29 is 17.9 Å². The molecule has 1 saturated carbocycles. The fourth-order valence-corrected chi connectivity index (χ4v) is 6.02. The Balaban J connectivity index is 1.45. The SMILES string of the molecule is O=C(Cc1nc(-c2ccc(S(=O)(=O)N3CCOCC3)cc2)cs1)C1CCCC1. The summed E-state index contributed by atoms with van der Waals surface area (Å²) in [4.78, 5) is 17.2. The summed E-state index contributed by atoms with van der Waals surface area (Å²) in [6.45, 7) is 1.63. The highest BCUT2D eigenvalue weighted by molar-refractivity contribution is 7.89. The number of rotatable bonds is 6. The zero-order valence-electron chi connectivity index (χ0n) is 15.7. The number of Topliss-reactive ketones (excluding diaryl/α,β-unsaturated/α-hetero) is 1. The van der Waals surface area contributed by atoms with Crippen molar-refractivity contribution in [2.75, 3.05) is 26.3 Å². The van der Waals surface area contributed by atoms with Crippen molar-refractivity contribution >= 4 is 27.1 Å². The molecule has 1 saturated heterocycles. The van der Waals surface area contributed by atoms with Crippen LogP contribution in [0.3, 0.4) is 0 Å². The van der Waals surface area contributed by atoms with Crippen molar-refractivity contribution in [1.29, 1.82) is 0 Å². The third-order valence-electron chi connectivity index (χ3n) is 5.45. The summed E-state index contributed by atoms with van der Waals surface area (Å²) in [5, 5.41) is 2.76. The molecule has 0 N–H and O–H groups in total. The molecule has 2 aromatic rings. The Hall–Kier alpha value is -1.61. The van der Waals surface area contributed by atoms with Gasteiger partial charge in [0.1, 0.15) is 10.8 Å². The fraction of sp³-hybridized carbons (Fsp3) is 0.500. The van der Waals surface area contributed by atoms with Gasteiger partial charge in [0.2, 0.25) is 10.0 Å². The maximum Gasteiger partial charge on any atom is 0.243 e. The predicted octanol–water partition coefficient (Wildman–Crippen LogP) is 3.13. The van der Waals surface area contributed by atoms with E-state index in [4.69, 9.17) is 4.74 Å². The first kappa shape index (κ1) is 19.7. The van der Waals surface area contributed by atoms with Crippen molar-refractivity contribution in [3.63, 3.8) is 0 Å². The molecule has 8 heteroatoms. The van der Waals surface area contributed by atoms with Gasteiger partial charge in [0.05, 0.1) is 30.2 Å². The highest BCUT2D eigenvalue weighted by Gasteiger charge is 2.26. The Morgan fingerprint density at radius 3 is 2.50 bits per heavy atom. The summed E-state index contributed by atoms with van der Waals surface area (Å²) in [6, 6.07) is 6.82. The highest BCUT2D eigenvalue weighted by Crippen LogP contribution is 2.29. The standard InChI is InChI=1S/C20H24N2O4S2/c23-19(16-3-1-2-4-16)13-20-21-18(14-27-20)15-5-7-17(8-6-15)28(24,25)22-9-11-26-12-10-22/h5-8,14,16H,1-4,9-13H2. The Bertz CT molecular complexity index is 925. The first-order valence-corrected chi connectivity index (χ1v) is 12.0. The molecule has 2 heterocycles. The number of nitrogens with zero attached hydrogens (tertiary/aromatic N) is 2. The van der Waals surface area contributed by atoms with Crippen molar-refractivity contribution in [3.8, 4) is 11.3 Å². The Morgan fingerprint density at radius 2 is 1.82 bits per heavy atom. The summed E-state index contributed by atoms with van der Waals surface area (Å²) < 4.78 is 32.1. The predicted molar refractivity (Wildman–Crippen MR) is 108 cm³/mol. The van der Waals surface area contributed by atoms with E-state index in [1.165, 1.54) is 15.6 Å². The number of hydrogen-bond donors (Lipinski definition) is 0. The zero-order valence-corrected chi connectivity index (χ0v) is 17.3. The molecule has 0 spiro atoms. The van der Waals surface area contributed by atoms with Crippen LogP contribution in [0.1, 0.15) is 30.7 Å². The van der Waals surface area contributed by atoms with Gasteiger partial charge in [-0.3, -0.25) is 4.79 Å². The fourth-order valence-electron chi connectivity index (χ4n) is 3.80. The van der Waals surface area contributed by atoms with E-state index in [1.54, 1.807) is 24.3 Å². The van der Waals surface area contributed by atoms with Crippen LogP contribution in [-0.4, -0.2) is 49.8 Å². The Labute approximate surface area is 169 Å². The number of morpholine rings is 1. The topological polar surface area (TPSA) is 76.6 Å². The molecule has 0 atom stereocenters. The molecule has 1 aliphatic heterocycles. The summed E-state index contributed by atoms with van der Waals surface area (Å²) >= 11 is 1.49. The average Bonchev–Trinajstić information content (AvgIpc) is 3.41. The molecule has 150 valence electrons. The van der Waals surface area contributed by atoms with Gasteiger partial charge < -0.3 is 4.74 Å². The molecule has 1 aromatic heterocycles. The van der Waals surface area contributed by atoms with Gasteiger partial charge in [0.15, 0.2) is 0 Å². The number of carbonyl (C=O) groups is 1. The second-order valence-corrected chi connectivity index (χ2v) is 10.2. The lowest BCUT2D eigenvalue weighted by Gasteiger charge is -2.26. The maximum absolute atomic E-state index is 12.7. The van der Waals surface area contributed by atoms with Crippen LogP contribution in [0.25, 0.3) is 11.3 Å². The van der Waals surface area contributed by atoms with Crippen LogP contribution in [0.2, 0.25) is 0 Å². The van der Waals surface area contributed by atoms with E-state index in [2.05, 4.69) is 4.98 Å². The van der Waals surface area contributed by atoms with Gasteiger partial charge in [-0.2, -0.15) is 4.31 Å². The van der Waals surface area contributed by atoms with E-state index in [0.717, 1.165) is 41.9 Å². The van der Waals surface area contributed by atoms with E-state index in [0.29, 0.717) is 38.5 Å². The minimum Gasteiger partial charge on any atom is -0.379 e. The normalized spacial score (nSPS) is 19.1. The molecule has 2 fully saturated rings. The lowest BCUT2D eigenvalue weighted by Crippen LogP contribution is -2.40. The molecule has 6 nitrogen and oxygen atoms in total.